The van der Waals surface area contributed by atoms with Crippen LogP contribution in [-0.2, 0) is 0 Å². The average Bonchev–Trinajstić information content (AvgIpc) is 2.29. The van der Waals surface area contributed by atoms with E-state index in [9.17, 15) is 0 Å². The van der Waals surface area contributed by atoms with Gasteiger partial charge < -0.3 is 10.6 Å². The van der Waals surface area contributed by atoms with E-state index in [1.807, 2.05) is 0 Å². The molecule has 0 aromatic rings. The molecule has 0 aliphatic carbocycles. The quantitative estimate of drug-likeness (QED) is 0.673. The van der Waals surface area contributed by atoms with Crippen LogP contribution in [0.4, 0.5) is 0 Å². The fraction of sp³-hybridized carbons (Fsp3) is 1.00. The fourth-order valence-corrected chi connectivity index (χ4v) is 2.02. The molecule has 0 aromatic carbocycles. The largest absolute Gasteiger partial charge is 0.330 e. The molecule has 0 aliphatic rings. The Balaban J connectivity index is 4.21. The van der Waals surface area contributed by atoms with Crippen molar-refractivity contribution in [2.75, 3.05) is 19.6 Å². The molecule has 0 saturated heterocycles. The molecule has 2 unspecified atom stereocenters. The summed E-state index contributed by atoms with van der Waals surface area (Å²) in [7, 11) is 0. The Morgan fingerprint density at radius 1 is 1.07 bits per heavy atom. The van der Waals surface area contributed by atoms with Gasteiger partial charge in [-0.3, -0.25) is 0 Å². The third-order valence-electron chi connectivity index (χ3n) is 3.82. The lowest BCUT2D eigenvalue weighted by molar-refractivity contribution is 0.143. The normalized spacial score (nSPS) is 16.0. The Hall–Kier alpha value is -0.0800. The maximum absolute atomic E-state index is 5.73. The van der Waals surface area contributed by atoms with Crippen molar-refractivity contribution in [3.8, 4) is 0 Å². The predicted octanol–water partition coefficient (Wildman–Crippen LogP) is 2.73. The number of hydrogen-bond donors (Lipinski definition) is 1. The zero-order valence-corrected chi connectivity index (χ0v) is 11.3. The van der Waals surface area contributed by atoms with E-state index >= 15 is 0 Å². The molecule has 0 aromatic heterocycles. The molecule has 0 bridgehead atoms. The zero-order valence-electron chi connectivity index (χ0n) is 11.3. The second kappa shape index (κ2) is 8.12. The first-order chi connectivity index (χ1) is 7.10. The van der Waals surface area contributed by atoms with E-state index in [0.29, 0.717) is 12.0 Å². The summed E-state index contributed by atoms with van der Waals surface area (Å²) in [5.74, 6) is 1.44. The van der Waals surface area contributed by atoms with Crippen LogP contribution in [-0.4, -0.2) is 30.6 Å². The van der Waals surface area contributed by atoms with Crippen LogP contribution in [0.1, 0.15) is 47.5 Å². The second-order valence-electron chi connectivity index (χ2n) is 4.72. The smallest absolute Gasteiger partial charge is 0.0105 e. The summed E-state index contributed by atoms with van der Waals surface area (Å²) < 4.78 is 0. The summed E-state index contributed by atoms with van der Waals surface area (Å²) in [4.78, 5) is 2.58. The van der Waals surface area contributed by atoms with Gasteiger partial charge in [-0.05, 0) is 31.8 Å². The SMILES string of the molecule is CCC(CC)CN(CC)C(C)C(C)CN. The molecule has 0 rings (SSSR count). The minimum atomic E-state index is 0.597. The van der Waals surface area contributed by atoms with Gasteiger partial charge in [-0.2, -0.15) is 0 Å². The first kappa shape index (κ1) is 14.9. The molecule has 2 atom stereocenters. The van der Waals surface area contributed by atoms with Crippen molar-refractivity contribution in [3.05, 3.63) is 0 Å². The first-order valence-electron chi connectivity index (χ1n) is 6.54. The summed E-state index contributed by atoms with van der Waals surface area (Å²) >= 11 is 0. The van der Waals surface area contributed by atoms with Crippen LogP contribution in [0.5, 0.6) is 0 Å². The molecule has 2 N–H and O–H groups in total. The van der Waals surface area contributed by atoms with E-state index in [4.69, 9.17) is 5.73 Å². The Morgan fingerprint density at radius 3 is 1.93 bits per heavy atom. The molecular weight excluding hydrogens is 184 g/mol. The Labute approximate surface area is 96.2 Å². The summed E-state index contributed by atoms with van der Waals surface area (Å²) in [6, 6.07) is 0.612. The first-order valence-corrected chi connectivity index (χ1v) is 6.54. The summed E-state index contributed by atoms with van der Waals surface area (Å²) in [5.41, 5.74) is 5.73. The highest BCUT2D eigenvalue weighted by molar-refractivity contribution is 4.74. The lowest BCUT2D eigenvalue weighted by atomic mass is 9.98. The molecule has 2 nitrogen and oxygen atoms in total. The highest BCUT2D eigenvalue weighted by Crippen LogP contribution is 2.15. The van der Waals surface area contributed by atoms with Crippen molar-refractivity contribution in [1.29, 1.82) is 0 Å². The Kier molecular flexibility index (Phi) is 8.07. The molecule has 0 heterocycles. The fourth-order valence-electron chi connectivity index (χ4n) is 2.02. The molecule has 92 valence electrons. The molecule has 15 heavy (non-hydrogen) atoms. The van der Waals surface area contributed by atoms with Crippen LogP contribution >= 0.6 is 0 Å². The van der Waals surface area contributed by atoms with Crippen LogP contribution in [0.2, 0.25) is 0 Å². The Morgan fingerprint density at radius 2 is 1.60 bits per heavy atom. The lowest BCUT2D eigenvalue weighted by Crippen LogP contribution is -2.42. The zero-order chi connectivity index (χ0) is 11.8. The highest BCUT2D eigenvalue weighted by atomic mass is 15.1. The maximum Gasteiger partial charge on any atom is 0.0105 e. The van der Waals surface area contributed by atoms with Crippen LogP contribution in [0.25, 0.3) is 0 Å². The van der Waals surface area contributed by atoms with E-state index in [-0.39, 0.29) is 0 Å². The van der Waals surface area contributed by atoms with Gasteiger partial charge in [0.25, 0.3) is 0 Å². The van der Waals surface area contributed by atoms with Crippen LogP contribution in [0.3, 0.4) is 0 Å². The van der Waals surface area contributed by atoms with Gasteiger partial charge >= 0.3 is 0 Å². The van der Waals surface area contributed by atoms with Crippen LogP contribution < -0.4 is 5.73 Å². The van der Waals surface area contributed by atoms with E-state index in [1.54, 1.807) is 0 Å². The van der Waals surface area contributed by atoms with E-state index in [1.165, 1.54) is 19.4 Å². The van der Waals surface area contributed by atoms with E-state index < -0.39 is 0 Å². The molecule has 0 spiro atoms. The van der Waals surface area contributed by atoms with Gasteiger partial charge in [-0.1, -0.05) is 40.5 Å². The molecule has 2 heteroatoms. The summed E-state index contributed by atoms with van der Waals surface area (Å²) in [6.45, 7) is 14.6. The highest BCUT2D eigenvalue weighted by Gasteiger charge is 2.19. The number of rotatable bonds is 8. The molecule has 0 saturated carbocycles. The van der Waals surface area contributed by atoms with Crippen molar-refractivity contribution < 1.29 is 0 Å². The molecule has 0 aliphatic heterocycles. The van der Waals surface area contributed by atoms with Crippen molar-refractivity contribution in [2.24, 2.45) is 17.6 Å². The molecular formula is C13H30N2. The molecule has 0 fully saturated rings. The topological polar surface area (TPSA) is 29.3 Å². The number of hydrogen-bond acceptors (Lipinski definition) is 2. The minimum Gasteiger partial charge on any atom is -0.330 e. The summed E-state index contributed by atoms with van der Waals surface area (Å²) in [6.07, 6.45) is 2.58. The lowest BCUT2D eigenvalue weighted by Gasteiger charge is -2.34. The van der Waals surface area contributed by atoms with Crippen molar-refractivity contribution in [1.82, 2.24) is 4.90 Å². The van der Waals surface area contributed by atoms with Crippen LogP contribution in [0, 0.1) is 11.8 Å². The monoisotopic (exact) mass is 214 g/mol. The van der Waals surface area contributed by atoms with Crippen molar-refractivity contribution in [2.45, 2.75) is 53.5 Å². The second-order valence-corrected chi connectivity index (χ2v) is 4.72. The number of nitrogens with zero attached hydrogens (tertiary/aromatic N) is 1. The predicted molar refractivity (Wildman–Crippen MR) is 69.0 cm³/mol. The molecule has 0 amide bonds. The van der Waals surface area contributed by atoms with Gasteiger partial charge in [0.2, 0.25) is 0 Å². The van der Waals surface area contributed by atoms with E-state index in [0.717, 1.165) is 19.0 Å². The standard InChI is InChI=1S/C13H30N2/c1-6-13(7-2)10-15(8-3)12(5)11(4)9-14/h11-13H,6-10,14H2,1-5H3. The van der Waals surface area contributed by atoms with Crippen LogP contribution in [0.15, 0.2) is 0 Å². The average molecular weight is 214 g/mol. The van der Waals surface area contributed by atoms with E-state index in [2.05, 4.69) is 39.5 Å². The third-order valence-corrected chi connectivity index (χ3v) is 3.82. The summed E-state index contributed by atoms with van der Waals surface area (Å²) in [5, 5.41) is 0. The van der Waals surface area contributed by atoms with Gasteiger partial charge in [0.1, 0.15) is 0 Å². The Bertz CT molecular complexity index is 143. The third kappa shape index (κ3) is 4.98. The van der Waals surface area contributed by atoms with Gasteiger partial charge in [0, 0.05) is 12.6 Å². The number of nitrogens with two attached hydrogens (primary N) is 1. The van der Waals surface area contributed by atoms with Gasteiger partial charge in [0.15, 0.2) is 0 Å². The van der Waals surface area contributed by atoms with Crippen molar-refractivity contribution >= 4 is 0 Å². The van der Waals surface area contributed by atoms with Gasteiger partial charge in [-0.15, -0.1) is 0 Å². The molecule has 0 radical (unpaired) electrons. The van der Waals surface area contributed by atoms with Gasteiger partial charge in [-0.25, -0.2) is 0 Å². The van der Waals surface area contributed by atoms with Gasteiger partial charge in [0.05, 0.1) is 0 Å². The van der Waals surface area contributed by atoms with Crippen molar-refractivity contribution in [3.63, 3.8) is 0 Å². The maximum atomic E-state index is 5.73. The minimum absolute atomic E-state index is 0.597.